The molecule has 1 aliphatic heterocycles. The minimum Gasteiger partial charge on any atom is -0.460 e. The molecule has 0 aliphatic carbocycles. The van der Waals surface area contributed by atoms with Gasteiger partial charge in [-0.1, -0.05) is 44.2 Å². The van der Waals surface area contributed by atoms with Crippen molar-refractivity contribution >= 4 is 29.9 Å². The molecule has 0 N–H and O–H groups in total. The zero-order valence-corrected chi connectivity index (χ0v) is 19.4. The molecule has 0 bridgehead atoms. The number of benzene rings is 1. The predicted octanol–water partition coefficient (Wildman–Crippen LogP) is 5.38. The minimum atomic E-state index is -1.89. The Morgan fingerprint density at radius 1 is 1.18 bits per heavy atom. The Labute approximate surface area is 172 Å². The van der Waals surface area contributed by atoms with Crippen LogP contribution in [-0.2, 0) is 13.9 Å². The Balaban J connectivity index is 1.74. The third kappa shape index (κ3) is 5.02. The zero-order chi connectivity index (χ0) is 20.4. The van der Waals surface area contributed by atoms with Crippen LogP contribution in [0.25, 0.3) is 10.2 Å². The lowest BCUT2D eigenvalue weighted by atomic mass is 10.1. The van der Waals surface area contributed by atoms with Crippen molar-refractivity contribution in [1.82, 2.24) is 4.98 Å². The van der Waals surface area contributed by atoms with E-state index in [0.29, 0.717) is 18.4 Å². The fourth-order valence-corrected chi connectivity index (χ4v) is 4.52. The molecular formula is C21H31NO4SSi. The van der Waals surface area contributed by atoms with Gasteiger partial charge in [-0.25, -0.2) is 4.98 Å². The van der Waals surface area contributed by atoms with E-state index in [0.717, 1.165) is 10.2 Å². The van der Waals surface area contributed by atoms with Crippen LogP contribution in [0.4, 0.5) is 0 Å². The molecule has 1 aromatic carbocycles. The van der Waals surface area contributed by atoms with E-state index < -0.39 is 8.32 Å². The summed E-state index contributed by atoms with van der Waals surface area (Å²) in [6, 6.07) is 8.04. The zero-order valence-electron chi connectivity index (χ0n) is 17.6. The van der Waals surface area contributed by atoms with Crippen molar-refractivity contribution in [3.63, 3.8) is 0 Å². The van der Waals surface area contributed by atoms with Crippen molar-refractivity contribution in [2.75, 3.05) is 13.2 Å². The van der Waals surface area contributed by atoms with Gasteiger partial charge in [0.15, 0.2) is 14.6 Å². The van der Waals surface area contributed by atoms with Gasteiger partial charge in [0, 0.05) is 6.61 Å². The number of ether oxygens (including phenoxy) is 3. The summed E-state index contributed by atoms with van der Waals surface area (Å²) in [5, 5.41) is 0.784. The first-order valence-electron chi connectivity index (χ1n) is 9.81. The molecule has 5 nitrogen and oxygen atoms in total. The number of fused-ring (bicyclic) bond motifs is 1. The maximum atomic E-state index is 6.41. The van der Waals surface area contributed by atoms with Crippen LogP contribution in [0.5, 0.6) is 5.19 Å². The number of nitrogens with zero attached hydrogens (tertiary/aromatic N) is 1. The first kappa shape index (κ1) is 21.5. The lowest BCUT2D eigenvalue weighted by molar-refractivity contribution is -0.173. The molecule has 7 heteroatoms. The molecule has 0 fully saturated rings. The molecular weight excluding hydrogens is 390 g/mol. The second-order valence-electron chi connectivity index (χ2n) is 8.48. The number of rotatable bonds is 7. The summed E-state index contributed by atoms with van der Waals surface area (Å²) in [5.74, 6) is 0. The molecule has 0 spiro atoms. The minimum absolute atomic E-state index is 0.139. The number of aromatic nitrogens is 1. The van der Waals surface area contributed by atoms with Crippen molar-refractivity contribution in [3.8, 4) is 5.19 Å². The van der Waals surface area contributed by atoms with E-state index in [1.807, 2.05) is 37.3 Å². The molecule has 28 heavy (non-hydrogen) atoms. The third-order valence-corrected chi connectivity index (χ3v) is 10.8. The Kier molecular flexibility index (Phi) is 6.61. The van der Waals surface area contributed by atoms with Gasteiger partial charge in [-0.05, 0) is 49.3 Å². The summed E-state index contributed by atoms with van der Waals surface area (Å²) in [6.07, 6.45) is 3.04. The van der Waals surface area contributed by atoms with Gasteiger partial charge in [0.1, 0.15) is 12.2 Å². The van der Waals surface area contributed by atoms with Gasteiger partial charge < -0.3 is 18.6 Å². The molecule has 0 saturated heterocycles. The lowest BCUT2D eigenvalue weighted by Crippen LogP contribution is -2.48. The highest BCUT2D eigenvalue weighted by Crippen LogP contribution is 2.37. The van der Waals surface area contributed by atoms with E-state index >= 15 is 0 Å². The summed E-state index contributed by atoms with van der Waals surface area (Å²) in [7, 11) is -1.89. The predicted molar refractivity (Wildman–Crippen MR) is 117 cm³/mol. The smallest absolute Gasteiger partial charge is 0.274 e. The maximum Gasteiger partial charge on any atom is 0.274 e. The van der Waals surface area contributed by atoms with Crippen molar-refractivity contribution < 1.29 is 18.6 Å². The van der Waals surface area contributed by atoms with Crippen molar-refractivity contribution in [2.45, 2.75) is 64.3 Å². The average molecular weight is 422 g/mol. The van der Waals surface area contributed by atoms with Crippen LogP contribution in [0.2, 0.25) is 18.1 Å². The highest BCUT2D eigenvalue weighted by atomic mass is 32.1. The van der Waals surface area contributed by atoms with E-state index in [1.165, 1.54) is 0 Å². The van der Waals surface area contributed by atoms with E-state index in [9.17, 15) is 0 Å². The van der Waals surface area contributed by atoms with Gasteiger partial charge in [-0.15, -0.1) is 0 Å². The summed E-state index contributed by atoms with van der Waals surface area (Å²) in [5.41, 5.74) is 0.949. The summed E-state index contributed by atoms with van der Waals surface area (Å²) in [4.78, 5) is 4.59. The van der Waals surface area contributed by atoms with Gasteiger partial charge >= 0.3 is 0 Å². The van der Waals surface area contributed by atoms with Gasteiger partial charge in [0.05, 0.1) is 16.8 Å². The Morgan fingerprint density at radius 3 is 2.61 bits per heavy atom. The Hall–Kier alpha value is -1.25. The topological polar surface area (TPSA) is 49.8 Å². The second kappa shape index (κ2) is 8.63. The van der Waals surface area contributed by atoms with Crippen molar-refractivity contribution in [2.24, 2.45) is 0 Å². The van der Waals surface area contributed by atoms with Crippen LogP contribution in [0, 0.1) is 0 Å². The van der Waals surface area contributed by atoms with E-state index in [-0.39, 0.29) is 23.5 Å². The van der Waals surface area contributed by atoms with E-state index in [1.54, 1.807) is 11.3 Å². The fraction of sp³-hybridized carbons (Fsp3) is 0.571. The second-order valence-corrected chi connectivity index (χ2v) is 14.3. The van der Waals surface area contributed by atoms with Crippen LogP contribution >= 0.6 is 11.3 Å². The molecule has 2 aromatic rings. The molecule has 1 aromatic heterocycles. The molecule has 1 aliphatic rings. The molecule has 0 radical (unpaired) electrons. The highest BCUT2D eigenvalue weighted by molar-refractivity contribution is 7.20. The average Bonchev–Trinajstić information content (AvgIpc) is 3.03. The largest absolute Gasteiger partial charge is 0.460 e. The molecule has 154 valence electrons. The standard InChI is InChI=1S/C21H31NO4SSi/c1-7-23-19-13-12-16(17(25-19)14-24-28(5,6)21(2,3)4)26-20-22-15-10-8-9-11-18(15)27-20/h8-13,16-17,19H,7,14H2,1-6H3/t16-,17+,19-/m0/s1. The number of hydrogen-bond donors (Lipinski definition) is 0. The summed E-state index contributed by atoms with van der Waals surface area (Å²) < 4.78 is 25.5. The lowest BCUT2D eigenvalue weighted by Gasteiger charge is -2.39. The van der Waals surface area contributed by atoms with Crippen molar-refractivity contribution in [3.05, 3.63) is 36.4 Å². The van der Waals surface area contributed by atoms with Gasteiger partial charge in [-0.3, -0.25) is 0 Å². The molecule has 0 amide bonds. The van der Waals surface area contributed by atoms with Crippen LogP contribution in [0.3, 0.4) is 0 Å². The van der Waals surface area contributed by atoms with Crippen LogP contribution in [0.1, 0.15) is 27.7 Å². The molecule has 0 saturated carbocycles. The van der Waals surface area contributed by atoms with Gasteiger partial charge in [0.2, 0.25) is 0 Å². The summed E-state index contributed by atoms with van der Waals surface area (Å²) >= 11 is 1.55. The SMILES string of the molecule is CCO[C@@H]1C=C[C@H](Oc2nc3ccccc3s2)[C@@H](CO[Si](C)(C)C(C)(C)C)O1. The first-order valence-corrected chi connectivity index (χ1v) is 13.5. The van der Waals surface area contributed by atoms with Gasteiger partial charge in [0.25, 0.3) is 5.19 Å². The van der Waals surface area contributed by atoms with Gasteiger partial charge in [-0.2, -0.15) is 0 Å². The summed E-state index contributed by atoms with van der Waals surface area (Å²) in [6.45, 7) is 14.2. The molecule has 3 atom stereocenters. The van der Waals surface area contributed by atoms with Crippen LogP contribution < -0.4 is 4.74 Å². The maximum absolute atomic E-state index is 6.41. The van der Waals surface area contributed by atoms with E-state index in [2.05, 4.69) is 44.9 Å². The number of hydrogen-bond acceptors (Lipinski definition) is 6. The molecule has 3 rings (SSSR count). The normalized spacial score (nSPS) is 23.3. The van der Waals surface area contributed by atoms with Crippen LogP contribution in [-0.4, -0.2) is 45.0 Å². The number of thiazole rings is 1. The third-order valence-electron chi connectivity index (χ3n) is 5.39. The van der Waals surface area contributed by atoms with Crippen molar-refractivity contribution in [1.29, 1.82) is 0 Å². The monoisotopic (exact) mass is 421 g/mol. The van der Waals surface area contributed by atoms with E-state index in [4.69, 9.17) is 18.6 Å². The Morgan fingerprint density at radius 2 is 1.93 bits per heavy atom. The molecule has 0 unspecified atom stereocenters. The molecule has 2 heterocycles. The first-order chi connectivity index (χ1) is 13.2. The Bertz CT molecular complexity index is 781. The quantitative estimate of drug-likeness (QED) is 0.443. The number of para-hydroxylation sites is 1. The fourth-order valence-electron chi connectivity index (χ4n) is 2.65. The van der Waals surface area contributed by atoms with Crippen LogP contribution in [0.15, 0.2) is 36.4 Å². The highest BCUT2D eigenvalue weighted by Gasteiger charge is 2.39.